The summed E-state index contributed by atoms with van der Waals surface area (Å²) in [5.74, 6) is 2.42. The summed E-state index contributed by atoms with van der Waals surface area (Å²) in [6, 6.07) is 12.2. The van der Waals surface area contributed by atoms with Crippen LogP contribution in [-0.2, 0) is 11.2 Å². The Morgan fingerprint density at radius 3 is 2.61 bits per heavy atom. The van der Waals surface area contributed by atoms with Crippen molar-refractivity contribution < 1.29 is 9.53 Å². The lowest BCUT2D eigenvalue weighted by Gasteiger charge is -2.40. The first-order valence-corrected chi connectivity index (χ1v) is 11.7. The summed E-state index contributed by atoms with van der Waals surface area (Å²) < 4.78 is 5.16. The minimum Gasteiger partial charge on any atom is -0.399 e. The lowest BCUT2D eigenvalue weighted by Crippen LogP contribution is -2.48. The number of aromatic nitrogens is 3. The van der Waals surface area contributed by atoms with E-state index in [4.69, 9.17) is 15.5 Å². The molecular formula is C26H31N5O2. The highest BCUT2D eigenvalue weighted by molar-refractivity contribution is 5.97. The van der Waals surface area contributed by atoms with Crippen molar-refractivity contribution in [3.8, 4) is 11.4 Å². The van der Waals surface area contributed by atoms with Crippen molar-refractivity contribution in [3.63, 3.8) is 0 Å². The molecule has 7 nitrogen and oxygen atoms in total. The summed E-state index contributed by atoms with van der Waals surface area (Å²) in [7, 11) is 1.68. The summed E-state index contributed by atoms with van der Waals surface area (Å²) in [5.41, 5.74) is 11.8. The normalized spacial score (nSPS) is 16.5. The molecule has 1 aromatic heterocycles. The number of carbonyl (C=O) groups is 1. The molecule has 33 heavy (non-hydrogen) atoms. The van der Waals surface area contributed by atoms with Gasteiger partial charge >= 0.3 is 0 Å². The molecule has 1 amide bonds. The maximum atomic E-state index is 13.4. The van der Waals surface area contributed by atoms with E-state index in [2.05, 4.69) is 28.4 Å². The Bertz CT molecular complexity index is 1140. The zero-order valence-corrected chi connectivity index (χ0v) is 19.3. The molecule has 2 fully saturated rings. The van der Waals surface area contributed by atoms with Crippen LogP contribution in [0.5, 0.6) is 0 Å². The van der Waals surface area contributed by atoms with Gasteiger partial charge in [0.25, 0.3) is 5.91 Å². The van der Waals surface area contributed by atoms with Crippen LogP contribution in [0.4, 0.5) is 5.69 Å². The fraction of sp³-hybridized carbons (Fsp3) is 0.423. The number of nitrogens with one attached hydrogen (secondary N) is 1. The number of carbonyl (C=O) groups excluding carboxylic acids is 1. The minimum atomic E-state index is 0.0794. The van der Waals surface area contributed by atoms with Crippen LogP contribution in [0, 0.1) is 6.92 Å². The van der Waals surface area contributed by atoms with Crippen LogP contribution in [0.25, 0.3) is 11.4 Å². The highest BCUT2D eigenvalue weighted by Gasteiger charge is 2.34. The molecule has 3 N–H and O–H groups in total. The summed E-state index contributed by atoms with van der Waals surface area (Å²) in [6.07, 6.45) is 4.28. The third-order valence-electron chi connectivity index (χ3n) is 7.06. The number of methoxy groups -OCH3 is 1. The van der Waals surface area contributed by atoms with E-state index >= 15 is 0 Å². The highest BCUT2D eigenvalue weighted by Crippen LogP contribution is 2.42. The number of nitrogen functional groups attached to an aromatic ring is 1. The van der Waals surface area contributed by atoms with Crippen molar-refractivity contribution in [1.29, 1.82) is 0 Å². The molecule has 0 atom stereocenters. The van der Waals surface area contributed by atoms with Crippen LogP contribution in [0.2, 0.25) is 0 Å². The van der Waals surface area contributed by atoms with E-state index < -0.39 is 0 Å². The number of aryl methyl sites for hydroxylation is 1. The van der Waals surface area contributed by atoms with Gasteiger partial charge in [0.1, 0.15) is 5.82 Å². The van der Waals surface area contributed by atoms with Crippen LogP contribution in [0.3, 0.4) is 0 Å². The van der Waals surface area contributed by atoms with Gasteiger partial charge in [-0.1, -0.05) is 24.6 Å². The fourth-order valence-electron chi connectivity index (χ4n) is 4.73. The second kappa shape index (κ2) is 8.98. The number of rotatable bonds is 7. The van der Waals surface area contributed by atoms with E-state index in [9.17, 15) is 4.79 Å². The van der Waals surface area contributed by atoms with Crippen molar-refractivity contribution in [2.75, 3.05) is 32.5 Å². The summed E-state index contributed by atoms with van der Waals surface area (Å²) in [6.45, 7) is 4.08. The standard InChI is InChI=1S/C26H31N5O2/c1-16-12-22(18-4-3-5-18)23(25-28-24(29-30-25)10-11-33-2)13-21(16)26(32)31-14-19(15-31)17-6-8-20(27)9-7-17/h6-9,12-13,18-19H,3-5,10-11,14-15,27H2,1-2H3,(H,28,29,30). The molecule has 0 radical (unpaired) electrons. The number of anilines is 1. The van der Waals surface area contributed by atoms with Crippen LogP contribution < -0.4 is 5.73 Å². The number of hydrogen-bond acceptors (Lipinski definition) is 5. The third kappa shape index (κ3) is 4.25. The highest BCUT2D eigenvalue weighted by atomic mass is 16.5. The Balaban J connectivity index is 1.39. The molecule has 0 unspecified atom stereocenters. The van der Waals surface area contributed by atoms with Crippen LogP contribution in [0.15, 0.2) is 36.4 Å². The number of amides is 1. The molecule has 7 heteroatoms. The van der Waals surface area contributed by atoms with Gasteiger partial charge in [0.05, 0.1) is 6.61 Å². The average molecular weight is 446 g/mol. The van der Waals surface area contributed by atoms with Crippen LogP contribution in [-0.4, -0.2) is 52.8 Å². The molecule has 0 spiro atoms. The number of aromatic amines is 1. The van der Waals surface area contributed by atoms with Gasteiger partial charge in [-0.3, -0.25) is 9.89 Å². The first-order valence-electron chi connectivity index (χ1n) is 11.7. The molecule has 1 saturated heterocycles. The van der Waals surface area contributed by atoms with Gasteiger partial charge in [0.15, 0.2) is 5.82 Å². The van der Waals surface area contributed by atoms with Gasteiger partial charge in [0, 0.05) is 49.4 Å². The first kappa shape index (κ1) is 21.6. The quantitative estimate of drug-likeness (QED) is 0.535. The van der Waals surface area contributed by atoms with Gasteiger partial charge in [-0.15, -0.1) is 0 Å². The fourth-order valence-corrected chi connectivity index (χ4v) is 4.73. The number of benzene rings is 2. The molecule has 0 bridgehead atoms. The number of hydrogen-bond donors (Lipinski definition) is 2. The van der Waals surface area contributed by atoms with Gasteiger partial charge < -0.3 is 15.4 Å². The number of ether oxygens (including phenoxy) is 1. The van der Waals surface area contributed by atoms with E-state index in [1.165, 1.54) is 30.4 Å². The van der Waals surface area contributed by atoms with Gasteiger partial charge in [-0.25, -0.2) is 4.98 Å². The predicted octanol–water partition coefficient (Wildman–Crippen LogP) is 4.06. The Hall–Kier alpha value is -3.19. The predicted molar refractivity (Wildman–Crippen MR) is 128 cm³/mol. The zero-order chi connectivity index (χ0) is 22.9. The Kier molecular flexibility index (Phi) is 5.89. The largest absolute Gasteiger partial charge is 0.399 e. The zero-order valence-electron chi connectivity index (χ0n) is 19.3. The average Bonchev–Trinajstić information content (AvgIpc) is 3.20. The van der Waals surface area contributed by atoms with Crippen LogP contribution >= 0.6 is 0 Å². The maximum absolute atomic E-state index is 13.4. The van der Waals surface area contributed by atoms with Crippen molar-refractivity contribution in [1.82, 2.24) is 20.1 Å². The Labute approximate surface area is 194 Å². The second-order valence-corrected chi connectivity index (χ2v) is 9.30. The van der Waals surface area contributed by atoms with E-state index in [1.54, 1.807) is 7.11 Å². The topological polar surface area (TPSA) is 97.1 Å². The molecule has 1 aliphatic carbocycles. The monoisotopic (exact) mass is 445 g/mol. The second-order valence-electron chi connectivity index (χ2n) is 9.30. The van der Waals surface area contributed by atoms with E-state index in [-0.39, 0.29) is 5.91 Å². The van der Waals surface area contributed by atoms with Crippen molar-refractivity contribution in [2.45, 2.75) is 44.4 Å². The molecule has 2 aliphatic rings. The molecular weight excluding hydrogens is 414 g/mol. The number of nitrogens with two attached hydrogens (primary N) is 1. The van der Waals surface area contributed by atoms with Crippen molar-refractivity contribution >= 4 is 11.6 Å². The Morgan fingerprint density at radius 2 is 1.94 bits per heavy atom. The van der Waals surface area contributed by atoms with Crippen LogP contribution in [0.1, 0.15) is 64.0 Å². The lowest BCUT2D eigenvalue weighted by molar-refractivity contribution is 0.0601. The van der Waals surface area contributed by atoms with Gasteiger partial charge in [-0.05, 0) is 60.6 Å². The molecule has 1 saturated carbocycles. The molecule has 172 valence electrons. The Morgan fingerprint density at radius 1 is 1.18 bits per heavy atom. The third-order valence-corrected chi connectivity index (χ3v) is 7.06. The smallest absolute Gasteiger partial charge is 0.254 e. The molecule has 1 aliphatic heterocycles. The minimum absolute atomic E-state index is 0.0794. The van der Waals surface area contributed by atoms with Gasteiger partial charge in [0.2, 0.25) is 0 Å². The number of nitrogens with zero attached hydrogens (tertiary/aromatic N) is 3. The molecule has 3 aromatic rings. The number of H-pyrrole nitrogens is 1. The summed E-state index contributed by atoms with van der Waals surface area (Å²) >= 11 is 0. The van der Waals surface area contributed by atoms with E-state index in [0.29, 0.717) is 30.7 Å². The summed E-state index contributed by atoms with van der Waals surface area (Å²) in [4.78, 5) is 20.0. The first-order chi connectivity index (χ1) is 16.0. The van der Waals surface area contributed by atoms with Gasteiger partial charge in [-0.2, -0.15) is 5.10 Å². The lowest BCUT2D eigenvalue weighted by atomic mass is 9.77. The van der Waals surface area contributed by atoms with E-state index in [0.717, 1.165) is 41.3 Å². The number of likely N-dealkylation sites (tertiary alicyclic amines) is 1. The van der Waals surface area contributed by atoms with Crippen molar-refractivity contribution in [3.05, 3.63) is 64.5 Å². The summed E-state index contributed by atoms with van der Waals surface area (Å²) in [5, 5.41) is 7.51. The van der Waals surface area contributed by atoms with E-state index in [1.807, 2.05) is 30.0 Å². The molecule has 5 rings (SSSR count). The maximum Gasteiger partial charge on any atom is 0.254 e. The molecule has 2 aromatic carbocycles. The van der Waals surface area contributed by atoms with Crippen molar-refractivity contribution in [2.24, 2.45) is 0 Å². The SMILES string of the molecule is COCCc1nc(-c2cc(C(=O)N3CC(c4ccc(N)cc4)C3)c(C)cc2C2CCC2)n[nH]1. The molecule has 2 heterocycles.